The van der Waals surface area contributed by atoms with Crippen LogP contribution in [-0.4, -0.2) is 67.8 Å². The minimum atomic E-state index is -4.24. The summed E-state index contributed by atoms with van der Waals surface area (Å²) in [6.45, 7) is 3.01. The second kappa shape index (κ2) is 12.7. The molecule has 218 valence electrons. The molecule has 0 aliphatic carbocycles. The molecule has 7 nitrogen and oxygen atoms in total. The van der Waals surface area contributed by atoms with E-state index in [9.17, 15) is 31.5 Å². The van der Waals surface area contributed by atoms with E-state index in [1.807, 2.05) is 11.8 Å². The van der Waals surface area contributed by atoms with E-state index in [1.165, 1.54) is 18.2 Å². The maximum absolute atomic E-state index is 14.9. The van der Waals surface area contributed by atoms with E-state index < -0.39 is 47.7 Å². The van der Waals surface area contributed by atoms with Crippen molar-refractivity contribution in [1.29, 1.82) is 0 Å². The topological polar surface area (TPSA) is 73.9 Å². The number of amides is 2. The Kier molecular flexibility index (Phi) is 9.52. The molecule has 2 heterocycles. The molecule has 2 fully saturated rings. The third kappa shape index (κ3) is 7.41. The molecule has 2 saturated heterocycles. The molecular weight excluding hydrogens is 559 g/mol. The molecule has 0 aromatic heterocycles. The summed E-state index contributed by atoms with van der Waals surface area (Å²) in [6.07, 6.45) is -4.46. The van der Waals surface area contributed by atoms with E-state index in [0.717, 1.165) is 12.5 Å². The van der Waals surface area contributed by atoms with Crippen LogP contribution in [0.15, 0.2) is 30.3 Å². The number of nitrogens with one attached hydrogen (secondary N) is 2. The third-order valence-electron chi connectivity index (χ3n) is 7.08. The monoisotopic (exact) mass is 588 g/mol. The van der Waals surface area contributed by atoms with Crippen molar-refractivity contribution in [2.24, 2.45) is 0 Å². The van der Waals surface area contributed by atoms with Gasteiger partial charge in [-0.1, -0.05) is 17.7 Å². The van der Waals surface area contributed by atoms with Gasteiger partial charge in [-0.15, -0.1) is 0 Å². The van der Waals surface area contributed by atoms with Crippen molar-refractivity contribution in [3.05, 3.63) is 58.1 Å². The molecule has 40 heavy (non-hydrogen) atoms. The largest absolute Gasteiger partial charge is 0.390 e. The summed E-state index contributed by atoms with van der Waals surface area (Å²) < 4.78 is 73.0. The van der Waals surface area contributed by atoms with Gasteiger partial charge in [0.1, 0.15) is 6.10 Å². The molecule has 0 radical (unpaired) electrons. The Labute approximate surface area is 233 Å². The van der Waals surface area contributed by atoms with Gasteiger partial charge >= 0.3 is 6.18 Å². The first kappa shape index (κ1) is 30.0. The zero-order chi connectivity index (χ0) is 29.0. The van der Waals surface area contributed by atoms with Crippen molar-refractivity contribution in [2.75, 3.05) is 43.0 Å². The Balaban J connectivity index is 1.44. The van der Waals surface area contributed by atoms with Gasteiger partial charge < -0.3 is 20.3 Å². The van der Waals surface area contributed by atoms with E-state index >= 15 is 0 Å². The molecule has 0 bridgehead atoms. The standard InChI is InChI=1S/C27H30ClF5N4O3/c1-16-15-37(11-10-36(16)9-8-27(31,32)33)21-13-18(28)5-7-20(21)35-25(38)19-6-4-17(23(29)24(19)30)14-34-26(39)22-3-2-12-40-22/h4-7,13,16,22H,2-3,8-12,14-15H2,1H3,(H,34,39)(H,35,38)/t16-,22-/m1/s1. The van der Waals surface area contributed by atoms with Crippen LogP contribution in [0.1, 0.15) is 42.1 Å². The Morgan fingerprint density at radius 1 is 1.12 bits per heavy atom. The summed E-state index contributed by atoms with van der Waals surface area (Å²) >= 11 is 6.19. The van der Waals surface area contributed by atoms with Crippen LogP contribution in [0.25, 0.3) is 0 Å². The predicted molar refractivity (Wildman–Crippen MR) is 141 cm³/mol. The van der Waals surface area contributed by atoms with Crippen LogP contribution >= 0.6 is 11.6 Å². The minimum absolute atomic E-state index is 0.115. The van der Waals surface area contributed by atoms with Gasteiger partial charge in [0.05, 0.1) is 23.4 Å². The molecule has 2 aliphatic rings. The zero-order valence-electron chi connectivity index (χ0n) is 21.8. The molecule has 2 atom stereocenters. The molecular formula is C27H30ClF5N4O3. The number of alkyl halides is 3. The number of carbonyl (C=O) groups is 2. The second-order valence-electron chi connectivity index (χ2n) is 9.93. The van der Waals surface area contributed by atoms with Gasteiger partial charge in [0.2, 0.25) is 5.91 Å². The smallest absolute Gasteiger partial charge is 0.368 e. The maximum atomic E-state index is 14.9. The molecule has 2 N–H and O–H groups in total. The SMILES string of the molecule is C[C@@H]1CN(c2cc(Cl)ccc2NC(=O)c2ccc(CNC(=O)[C@H]3CCCO3)c(F)c2F)CCN1CCC(F)(F)F. The Hall–Kier alpha value is -2.96. The lowest BCUT2D eigenvalue weighted by Gasteiger charge is -2.41. The fourth-order valence-corrected chi connectivity index (χ4v) is 5.03. The number of hydrogen-bond donors (Lipinski definition) is 2. The highest BCUT2D eigenvalue weighted by atomic mass is 35.5. The molecule has 2 amide bonds. The first-order chi connectivity index (χ1) is 18.9. The van der Waals surface area contributed by atoms with E-state index in [0.29, 0.717) is 43.4 Å². The van der Waals surface area contributed by atoms with Crippen molar-refractivity contribution in [3.63, 3.8) is 0 Å². The highest BCUT2D eigenvalue weighted by molar-refractivity contribution is 6.31. The number of benzene rings is 2. The number of hydrogen-bond acceptors (Lipinski definition) is 5. The highest BCUT2D eigenvalue weighted by Gasteiger charge is 2.32. The molecule has 2 aromatic carbocycles. The van der Waals surface area contributed by atoms with Gasteiger partial charge in [-0.05, 0) is 44.0 Å². The molecule has 13 heteroatoms. The van der Waals surface area contributed by atoms with Gasteiger partial charge in [-0.3, -0.25) is 14.5 Å². The van der Waals surface area contributed by atoms with Crippen molar-refractivity contribution in [2.45, 2.75) is 51.1 Å². The van der Waals surface area contributed by atoms with E-state index in [2.05, 4.69) is 10.6 Å². The lowest BCUT2D eigenvalue weighted by Crippen LogP contribution is -2.52. The quantitative estimate of drug-likeness (QED) is 0.419. The van der Waals surface area contributed by atoms with Crippen LogP contribution in [0, 0.1) is 11.6 Å². The van der Waals surface area contributed by atoms with E-state index in [1.54, 1.807) is 11.0 Å². The van der Waals surface area contributed by atoms with Crippen molar-refractivity contribution in [1.82, 2.24) is 10.2 Å². The summed E-state index contributed by atoms with van der Waals surface area (Å²) in [5.41, 5.74) is 0.151. The Bertz CT molecular complexity index is 1240. The number of halogens is 6. The zero-order valence-corrected chi connectivity index (χ0v) is 22.5. The van der Waals surface area contributed by atoms with Gasteiger partial charge in [0.15, 0.2) is 11.6 Å². The van der Waals surface area contributed by atoms with Crippen LogP contribution in [0.5, 0.6) is 0 Å². The Morgan fingerprint density at radius 3 is 2.58 bits per heavy atom. The third-order valence-corrected chi connectivity index (χ3v) is 7.31. The normalized spacial score (nSPS) is 20.0. The average molecular weight is 589 g/mol. The van der Waals surface area contributed by atoms with E-state index in [4.69, 9.17) is 16.3 Å². The molecule has 0 spiro atoms. The van der Waals surface area contributed by atoms with Crippen molar-refractivity contribution >= 4 is 34.8 Å². The van der Waals surface area contributed by atoms with Gasteiger partial charge in [0, 0.05) is 56.0 Å². The van der Waals surface area contributed by atoms with Crippen LogP contribution in [0.3, 0.4) is 0 Å². The molecule has 2 aromatic rings. The van der Waals surface area contributed by atoms with Gasteiger partial charge in [-0.2, -0.15) is 13.2 Å². The molecule has 0 unspecified atom stereocenters. The number of carbonyl (C=O) groups excluding carboxylic acids is 2. The fourth-order valence-electron chi connectivity index (χ4n) is 4.86. The van der Waals surface area contributed by atoms with Gasteiger partial charge in [-0.25, -0.2) is 8.78 Å². The van der Waals surface area contributed by atoms with Crippen LogP contribution in [0.4, 0.5) is 33.3 Å². The number of rotatable bonds is 8. The lowest BCUT2D eigenvalue weighted by atomic mass is 10.1. The summed E-state index contributed by atoms with van der Waals surface area (Å²) in [4.78, 5) is 28.7. The predicted octanol–water partition coefficient (Wildman–Crippen LogP) is 5.13. The Morgan fingerprint density at radius 2 is 1.90 bits per heavy atom. The summed E-state index contributed by atoms with van der Waals surface area (Å²) in [5, 5.41) is 5.49. The number of nitrogens with zero attached hydrogens (tertiary/aromatic N) is 2. The highest BCUT2D eigenvalue weighted by Crippen LogP contribution is 2.32. The molecule has 0 saturated carbocycles. The molecule has 2 aliphatic heterocycles. The van der Waals surface area contributed by atoms with Gasteiger partial charge in [0.25, 0.3) is 5.91 Å². The minimum Gasteiger partial charge on any atom is -0.368 e. The number of piperazine rings is 1. The van der Waals surface area contributed by atoms with Crippen LogP contribution in [-0.2, 0) is 16.1 Å². The first-order valence-corrected chi connectivity index (χ1v) is 13.3. The average Bonchev–Trinajstić information content (AvgIpc) is 3.44. The second-order valence-corrected chi connectivity index (χ2v) is 10.4. The van der Waals surface area contributed by atoms with Crippen molar-refractivity contribution in [3.8, 4) is 0 Å². The molecule has 4 rings (SSSR count). The fraction of sp³-hybridized carbons (Fsp3) is 0.481. The van der Waals surface area contributed by atoms with Crippen molar-refractivity contribution < 1.29 is 36.3 Å². The number of anilines is 2. The number of ether oxygens (including phenoxy) is 1. The first-order valence-electron chi connectivity index (χ1n) is 13.0. The summed E-state index contributed by atoms with van der Waals surface area (Å²) in [7, 11) is 0. The van der Waals surface area contributed by atoms with E-state index in [-0.39, 0.29) is 30.4 Å². The van der Waals surface area contributed by atoms with Crippen LogP contribution < -0.4 is 15.5 Å². The summed E-state index contributed by atoms with van der Waals surface area (Å²) in [5.74, 6) is -3.92. The summed E-state index contributed by atoms with van der Waals surface area (Å²) in [6, 6.07) is 6.82. The maximum Gasteiger partial charge on any atom is 0.390 e. The lowest BCUT2D eigenvalue weighted by molar-refractivity contribution is -0.139. The van der Waals surface area contributed by atoms with Crippen LogP contribution in [0.2, 0.25) is 5.02 Å².